The van der Waals surface area contributed by atoms with Crippen molar-refractivity contribution in [2.45, 2.75) is 302 Å². The van der Waals surface area contributed by atoms with Gasteiger partial charge >= 0.3 is 5.97 Å². The minimum atomic E-state index is -0.785. The minimum Gasteiger partial charge on any atom is -0.462 e. The van der Waals surface area contributed by atoms with Gasteiger partial charge in [-0.05, 0) is 51.4 Å². The molecule has 0 aromatic rings. The highest BCUT2D eigenvalue weighted by Crippen LogP contribution is 2.18. The molecular weight excluding hydrogens is 719 g/mol. The summed E-state index contributed by atoms with van der Waals surface area (Å²) in [4.78, 5) is 26.1. The quantitative estimate of drug-likeness (QED) is 0.0323. The van der Waals surface area contributed by atoms with Crippen LogP contribution in [-0.2, 0) is 14.3 Å². The number of hydrogen-bond acceptors (Lipinski definition) is 5. The monoisotopic (exact) mass is 820 g/mol. The van der Waals surface area contributed by atoms with Crippen molar-refractivity contribution in [3.05, 3.63) is 12.2 Å². The number of hydrogen-bond donors (Lipinski definition) is 3. The van der Waals surface area contributed by atoms with Gasteiger partial charge in [-0.1, -0.05) is 232 Å². The fraction of sp³-hybridized carbons (Fsp3) is 0.923. The topological polar surface area (TPSA) is 95.9 Å². The van der Waals surface area contributed by atoms with Gasteiger partial charge in [-0.2, -0.15) is 0 Å². The van der Waals surface area contributed by atoms with Gasteiger partial charge in [-0.3, -0.25) is 9.59 Å². The maximum Gasteiger partial charge on any atom is 0.306 e. The van der Waals surface area contributed by atoms with Crippen LogP contribution in [0.15, 0.2) is 12.2 Å². The molecule has 3 atom stereocenters. The number of ether oxygens (including phenoxy) is 1. The van der Waals surface area contributed by atoms with E-state index in [0.717, 1.165) is 64.2 Å². The Bertz CT molecular complexity index is 878. The van der Waals surface area contributed by atoms with Gasteiger partial charge in [-0.15, -0.1) is 0 Å². The first-order valence-electron chi connectivity index (χ1n) is 25.9. The van der Waals surface area contributed by atoms with E-state index in [1.807, 2.05) is 0 Å². The summed E-state index contributed by atoms with van der Waals surface area (Å²) in [5.41, 5.74) is 0. The van der Waals surface area contributed by atoms with Crippen LogP contribution in [0.5, 0.6) is 0 Å². The summed E-state index contributed by atoms with van der Waals surface area (Å²) >= 11 is 0. The first-order chi connectivity index (χ1) is 28.5. The van der Waals surface area contributed by atoms with E-state index in [1.54, 1.807) is 0 Å². The molecule has 0 rings (SSSR count). The molecule has 344 valence electrons. The molecule has 0 bridgehead atoms. The highest BCUT2D eigenvalue weighted by molar-refractivity contribution is 5.77. The predicted octanol–water partition coefficient (Wildman–Crippen LogP) is 15.3. The molecule has 3 unspecified atom stereocenters. The molecule has 0 saturated heterocycles. The van der Waals surface area contributed by atoms with Gasteiger partial charge in [0.1, 0.15) is 6.10 Å². The van der Waals surface area contributed by atoms with Gasteiger partial charge in [0.15, 0.2) is 0 Å². The number of nitrogens with one attached hydrogen (secondary N) is 1. The summed E-state index contributed by atoms with van der Waals surface area (Å²) in [5, 5.41) is 23.7. The number of aliphatic hydroxyl groups is 2. The average Bonchev–Trinajstić information content (AvgIpc) is 3.22. The molecule has 0 aliphatic rings. The van der Waals surface area contributed by atoms with Crippen molar-refractivity contribution < 1.29 is 24.5 Å². The Labute approximate surface area is 361 Å². The number of aliphatic hydroxyl groups excluding tert-OH is 2. The maximum absolute atomic E-state index is 13.2. The second-order valence-electron chi connectivity index (χ2n) is 17.9. The minimum absolute atomic E-state index is 0.0734. The molecule has 0 aromatic carbocycles. The summed E-state index contributed by atoms with van der Waals surface area (Å²) in [7, 11) is 0. The third kappa shape index (κ3) is 41.3. The first kappa shape index (κ1) is 56.6. The lowest BCUT2D eigenvalue weighted by Gasteiger charge is -2.24. The third-order valence-corrected chi connectivity index (χ3v) is 12.1. The van der Waals surface area contributed by atoms with Gasteiger partial charge in [0.2, 0.25) is 5.91 Å². The van der Waals surface area contributed by atoms with Crippen molar-refractivity contribution in [2.24, 2.45) is 0 Å². The molecule has 6 nitrogen and oxygen atoms in total. The molecule has 0 heterocycles. The number of unbranched alkanes of at least 4 members (excludes halogenated alkanes) is 33. The second kappa shape index (κ2) is 46.7. The Morgan fingerprint density at radius 1 is 0.483 bits per heavy atom. The van der Waals surface area contributed by atoms with Crippen LogP contribution >= 0.6 is 0 Å². The highest BCUT2D eigenvalue weighted by Gasteiger charge is 2.24. The lowest BCUT2D eigenvalue weighted by molar-refractivity contribution is -0.151. The largest absolute Gasteiger partial charge is 0.462 e. The van der Waals surface area contributed by atoms with Crippen molar-refractivity contribution in [3.8, 4) is 0 Å². The number of carbonyl (C=O) groups is 2. The molecule has 0 saturated carbocycles. The maximum atomic E-state index is 13.2. The van der Waals surface area contributed by atoms with Crippen LogP contribution in [0.4, 0.5) is 0 Å². The summed E-state index contributed by atoms with van der Waals surface area (Å²) in [6.07, 6.45) is 51.3. The molecule has 0 spiro atoms. The summed E-state index contributed by atoms with van der Waals surface area (Å²) < 4.78 is 5.92. The number of carbonyl (C=O) groups excluding carboxylic acids is 2. The van der Waals surface area contributed by atoms with Crippen molar-refractivity contribution >= 4 is 11.9 Å². The lowest BCUT2D eigenvalue weighted by atomic mass is 10.0. The van der Waals surface area contributed by atoms with Crippen LogP contribution in [0.25, 0.3) is 0 Å². The van der Waals surface area contributed by atoms with Crippen LogP contribution in [0.1, 0.15) is 284 Å². The van der Waals surface area contributed by atoms with Gasteiger partial charge in [-0.25, -0.2) is 0 Å². The SMILES string of the molecule is CCCCC/C=C\CCCCCC(CC(=O)NC(CO)C(O)CCCCCCCCCCCCCCCC)OC(=O)CCCCCCCCCCCCCCCCC. The Hall–Kier alpha value is -1.40. The van der Waals surface area contributed by atoms with Gasteiger partial charge in [0, 0.05) is 6.42 Å². The zero-order chi connectivity index (χ0) is 42.4. The Morgan fingerprint density at radius 2 is 0.828 bits per heavy atom. The lowest BCUT2D eigenvalue weighted by Crippen LogP contribution is -2.46. The van der Waals surface area contributed by atoms with Crippen molar-refractivity contribution in [1.29, 1.82) is 0 Å². The zero-order valence-electron chi connectivity index (χ0n) is 39.2. The van der Waals surface area contributed by atoms with Gasteiger partial charge in [0.25, 0.3) is 0 Å². The Balaban J connectivity index is 4.46. The smallest absolute Gasteiger partial charge is 0.306 e. The van der Waals surface area contributed by atoms with Crippen molar-refractivity contribution in [3.63, 3.8) is 0 Å². The number of rotatable bonds is 47. The highest BCUT2D eigenvalue weighted by atomic mass is 16.5. The van der Waals surface area contributed by atoms with Crippen LogP contribution < -0.4 is 5.32 Å². The van der Waals surface area contributed by atoms with E-state index in [9.17, 15) is 19.8 Å². The summed E-state index contributed by atoms with van der Waals surface area (Å²) in [5.74, 6) is -0.474. The van der Waals surface area contributed by atoms with Crippen molar-refractivity contribution in [1.82, 2.24) is 5.32 Å². The van der Waals surface area contributed by atoms with E-state index < -0.39 is 18.2 Å². The molecule has 0 aliphatic carbocycles. The van der Waals surface area contributed by atoms with Crippen LogP contribution in [0.3, 0.4) is 0 Å². The third-order valence-electron chi connectivity index (χ3n) is 12.1. The molecule has 0 aliphatic heterocycles. The number of amides is 1. The second-order valence-corrected chi connectivity index (χ2v) is 17.9. The molecule has 1 amide bonds. The standard InChI is InChI=1S/C52H101NO5/c1-4-7-10-13-16-19-22-24-26-28-30-33-36-39-42-45-52(57)58-48(43-40-37-34-31-21-18-15-12-9-6-3)46-51(56)53-49(47-54)50(55)44-41-38-35-32-29-27-25-23-20-17-14-11-8-5-2/h18,21,48-50,54-55H,4-17,19-20,22-47H2,1-3H3,(H,53,56)/b21-18-. The summed E-state index contributed by atoms with van der Waals surface area (Å²) in [6, 6.07) is -0.699. The number of allylic oxidation sites excluding steroid dienone is 2. The van der Waals surface area contributed by atoms with Gasteiger partial charge < -0.3 is 20.3 Å². The number of esters is 1. The van der Waals surface area contributed by atoms with E-state index in [0.29, 0.717) is 19.3 Å². The summed E-state index contributed by atoms with van der Waals surface area (Å²) in [6.45, 7) is 6.47. The van der Waals surface area contributed by atoms with E-state index in [4.69, 9.17) is 4.74 Å². The fourth-order valence-corrected chi connectivity index (χ4v) is 8.13. The molecule has 58 heavy (non-hydrogen) atoms. The van der Waals surface area contributed by atoms with Crippen LogP contribution in [0, 0.1) is 0 Å². The molecule has 3 N–H and O–H groups in total. The normalized spacial score (nSPS) is 13.3. The average molecular weight is 820 g/mol. The Kier molecular flexibility index (Phi) is 45.5. The van der Waals surface area contributed by atoms with E-state index in [2.05, 4.69) is 38.2 Å². The van der Waals surface area contributed by atoms with Crippen LogP contribution in [-0.4, -0.2) is 46.9 Å². The molecular formula is C52H101NO5. The molecule has 0 fully saturated rings. The van der Waals surface area contributed by atoms with Crippen LogP contribution in [0.2, 0.25) is 0 Å². The first-order valence-corrected chi connectivity index (χ1v) is 25.9. The molecule has 0 aromatic heterocycles. The molecule has 0 radical (unpaired) electrons. The molecule has 6 heteroatoms. The van der Waals surface area contributed by atoms with E-state index in [-0.39, 0.29) is 24.9 Å². The van der Waals surface area contributed by atoms with Crippen molar-refractivity contribution in [2.75, 3.05) is 6.61 Å². The fourth-order valence-electron chi connectivity index (χ4n) is 8.13. The van der Waals surface area contributed by atoms with Gasteiger partial charge in [0.05, 0.1) is 25.2 Å². The Morgan fingerprint density at radius 3 is 1.26 bits per heavy atom. The predicted molar refractivity (Wildman–Crippen MR) is 250 cm³/mol. The van der Waals surface area contributed by atoms with E-state index >= 15 is 0 Å². The van der Waals surface area contributed by atoms with E-state index in [1.165, 1.54) is 173 Å². The zero-order valence-corrected chi connectivity index (χ0v) is 39.2.